The Hall–Kier alpha value is -4.04. The molecule has 1 aliphatic heterocycles. The molecule has 0 radical (unpaired) electrons. The molecule has 5 aromatic rings. The van der Waals surface area contributed by atoms with Gasteiger partial charge >= 0.3 is 0 Å². The molecule has 2 aliphatic rings. The molecule has 0 saturated heterocycles. The summed E-state index contributed by atoms with van der Waals surface area (Å²) in [5.74, 6) is 0. The highest BCUT2D eigenvalue weighted by atomic mass is 15.2. The zero-order chi connectivity index (χ0) is 22.0. The number of allylic oxidation sites excluding steroid dienone is 2. The molecule has 2 unspecified atom stereocenters. The summed E-state index contributed by atoms with van der Waals surface area (Å²) in [4.78, 5) is 2.55. The predicted octanol–water partition coefficient (Wildman–Crippen LogP) is 7.69. The second-order valence-corrected chi connectivity index (χ2v) is 9.22. The maximum absolute atomic E-state index is 2.55. The van der Waals surface area contributed by atoms with Crippen molar-refractivity contribution < 1.29 is 0 Å². The number of aromatic nitrogens is 1. The van der Waals surface area contributed by atoms with Crippen molar-refractivity contribution in [3.8, 4) is 5.69 Å². The van der Waals surface area contributed by atoms with Crippen LogP contribution in [-0.2, 0) is 5.41 Å². The second kappa shape index (κ2) is 6.73. The Labute approximate surface area is 193 Å². The first-order chi connectivity index (χ1) is 16.3. The maximum atomic E-state index is 2.55. The molecule has 0 spiro atoms. The molecule has 2 nitrogen and oxygen atoms in total. The molecule has 0 saturated carbocycles. The quantitative estimate of drug-likeness (QED) is 0.282. The molecule has 0 amide bonds. The lowest BCUT2D eigenvalue weighted by Gasteiger charge is -2.34. The molecule has 2 atom stereocenters. The monoisotopic (exact) mass is 424 g/mol. The van der Waals surface area contributed by atoms with Crippen LogP contribution in [0.25, 0.3) is 27.5 Å². The van der Waals surface area contributed by atoms with Crippen LogP contribution < -0.4 is 4.90 Å². The molecule has 0 N–H and O–H groups in total. The van der Waals surface area contributed by atoms with Crippen molar-refractivity contribution >= 4 is 33.2 Å². The number of para-hydroxylation sites is 3. The smallest absolute Gasteiger partial charge is 0.0782 e. The summed E-state index contributed by atoms with van der Waals surface area (Å²) in [6.07, 6.45) is 9.12. The summed E-state index contributed by atoms with van der Waals surface area (Å²) in [5.41, 5.74) is 7.53. The third-order valence-electron chi connectivity index (χ3n) is 7.42. The Bertz CT molecular complexity index is 1570. The van der Waals surface area contributed by atoms with Gasteiger partial charge in [0.15, 0.2) is 0 Å². The van der Waals surface area contributed by atoms with Gasteiger partial charge in [-0.3, -0.25) is 0 Å². The normalized spacial score (nSPS) is 21.0. The molecule has 33 heavy (non-hydrogen) atoms. The van der Waals surface area contributed by atoms with Gasteiger partial charge in [-0.05, 0) is 42.8 Å². The van der Waals surface area contributed by atoms with Crippen LogP contribution in [0.1, 0.15) is 12.5 Å². The topological polar surface area (TPSA) is 8.17 Å². The van der Waals surface area contributed by atoms with Crippen LogP contribution in [0.3, 0.4) is 0 Å². The highest BCUT2D eigenvalue weighted by Gasteiger charge is 2.47. The molecule has 2 heteroatoms. The summed E-state index contributed by atoms with van der Waals surface area (Å²) in [6, 6.07) is 35.3. The van der Waals surface area contributed by atoms with Gasteiger partial charge in [0, 0.05) is 27.6 Å². The molecular formula is C31H24N2. The van der Waals surface area contributed by atoms with E-state index in [1.165, 1.54) is 44.4 Å². The van der Waals surface area contributed by atoms with Gasteiger partial charge in [-0.25, -0.2) is 0 Å². The third kappa shape index (κ3) is 2.44. The van der Waals surface area contributed by atoms with Gasteiger partial charge in [0.25, 0.3) is 0 Å². The van der Waals surface area contributed by atoms with Crippen LogP contribution in [0.5, 0.6) is 0 Å². The van der Waals surface area contributed by atoms with Crippen molar-refractivity contribution in [3.05, 3.63) is 127 Å². The molecule has 0 fully saturated rings. The largest absolute Gasteiger partial charge is 0.331 e. The van der Waals surface area contributed by atoms with Gasteiger partial charge in [0.2, 0.25) is 0 Å². The number of benzene rings is 4. The van der Waals surface area contributed by atoms with E-state index in [0.717, 1.165) is 0 Å². The Morgan fingerprint density at radius 1 is 0.667 bits per heavy atom. The van der Waals surface area contributed by atoms with Gasteiger partial charge in [0.1, 0.15) is 0 Å². The van der Waals surface area contributed by atoms with Crippen LogP contribution in [0, 0.1) is 0 Å². The Balaban J connectivity index is 1.68. The van der Waals surface area contributed by atoms with E-state index < -0.39 is 0 Å². The van der Waals surface area contributed by atoms with E-state index in [2.05, 4.69) is 138 Å². The first kappa shape index (κ1) is 18.5. The van der Waals surface area contributed by atoms with E-state index in [1.54, 1.807) is 0 Å². The molecule has 7 rings (SSSR count). The molecule has 0 bridgehead atoms. The third-order valence-corrected chi connectivity index (χ3v) is 7.42. The summed E-state index contributed by atoms with van der Waals surface area (Å²) in [5, 5.41) is 2.59. The molecule has 1 aromatic heterocycles. The van der Waals surface area contributed by atoms with E-state index in [1.807, 2.05) is 0 Å². The number of rotatable bonds is 2. The van der Waals surface area contributed by atoms with E-state index in [4.69, 9.17) is 0 Å². The SMILES string of the molecule is CC12C=CC=CC1N(c1ccccc1)c1c2ccc2c3ccccc3n(-c3ccccc3)c12. The van der Waals surface area contributed by atoms with Crippen molar-refractivity contribution in [2.45, 2.75) is 18.4 Å². The number of anilines is 2. The van der Waals surface area contributed by atoms with Crippen molar-refractivity contribution in [2.75, 3.05) is 4.90 Å². The summed E-state index contributed by atoms with van der Waals surface area (Å²) < 4.78 is 2.45. The minimum Gasteiger partial charge on any atom is -0.331 e. The fourth-order valence-corrected chi connectivity index (χ4v) is 5.91. The molecule has 2 heterocycles. The molecule has 1 aliphatic carbocycles. The summed E-state index contributed by atoms with van der Waals surface area (Å²) in [7, 11) is 0. The van der Waals surface area contributed by atoms with Crippen LogP contribution in [0.4, 0.5) is 11.4 Å². The molecular weight excluding hydrogens is 400 g/mol. The van der Waals surface area contributed by atoms with Gasteiger partial charge in [-0.15, -0.1) is 0 Å². The van der Waals surface area contributed by atoms with Gasteiger partial charge in [-0.1, -0.05) is 91.0 Å². The van der Waals surface area contributed by atoms with Gasteiger partial charge in [0.05, 0.1) is 22.8 Å². The zero-order valence-electron chi connectivity index (χ0n) is 18.5. The van der Waals surface area contributed by atoms with E-state index >= 15 is 0 Å². The number of hydrogen-bond acceptors (Lipinski definition) is 1. The van der Waals surface area contributed by atoms with Crippen LogP contribution >= 0.6 is 0 Å². The minimum atomic E-state index is -0.0912. The van der Waals surface area contributed by atoms with Gasteiger partial charge in [-0.2, -0.15) is 0 Å². The fourth-order valence-electron chi connectivity index (χ4n) is 5.91. The second-order valence-electron chi connectivity index (χ2n) is 9.22. The predicted molar refractivity (Wildman–Crippen MR) is 139 cm³/mol. The summed E-state index contributed by atoms with van der Waals surface area (Å²) in [6.45, 7) is 2.38. The van der Waals surface area contributed by atoms with Crippen LogP contribution in [0.15, 0.2) is 121 Å². The van der Waals surface area contributed by atoms with Crippen LogP contribution in [-0.4, -0.2) is 10.6 Å². The van der Waals surface area contributed by atoms with Crippen molar-refractivity contribution in [2.24, 2.45) is 0 Å². The minimum absolute atomic E-state index is 0.0912. The molecule has 158 valence electrons. The lowest BCUT2D eigenvalue weighted by atomic mass is 9.76. The Morgan fingerprint density at radius 2 is 1.36 bits per heavy atom. The van der Waals surface area contributed by atoms with Crippen molar-refractivity contribution in [3.63, 3.8) is 0 Å². The van der Waals surface area contributed by atoms with E-state index in [0.29, 0.717) is 0 Å². The van der Waals surface area contributed by atoms with E-state index in [-0.39, 0.29) is 11.5 Å². The van der Waals surface area contributed by atoms with Crippen molar-refractivity contribution in [1.82, 2.24) is 4.57 Å². The average molecular weight is 425 g/mol. The lowest BCUT2D eigenvalue weighted by molar-refractivity contribution is 0.551. The number of hydrogen-bond donors (Lipinski definition) is 0. The standard InChI is InChI=1S/C31H24N2/c1-31-21-11-10-18-28(31)33(23-14-6-3-7-15-23)30-26(31)20-19-25-24-16-8-9-17-27(24)32(29(25)30)22-12-4-2-5-13-22/h2-21,28H,1H3. The first-order valence-electron chi connectivity index (χ1n) is 11.6. The Kier molecular flexibility index (Phi) is 3.78. The average Bonchev–Trinajstić information content (AvgIpc) is 3.35. The highest BCUT2D eigenvalue weighted by Crippen LogP contribution is 2.55. The van der Waals surface area contributed by atoms with Crippen LogP contribution in [0.2, 0.25) is 0 Å². The number of fused-ring (bicyclic) bond motifs is 7. The fraction of sp³-hybridized carbons (Fsp3) is 0.0968. The number of nitrogens with zero attached hydrogens (tertiary/aromatic N) is 2. The Morgan fingerprint density at radius 3 is 2.15 bits per heavy atom. The van der Waals surface area contributed by atoms with Crippen molar-refractivity contribution in [1.29, 1.82) is 0 Å². The molecule has 4 aromatic carbocycles. The highest BCUT2D eigenvalue weighted by molar-refractivity contribution is 6.15. The van der Waals surface area contributed by atoms with Gasteiger partial charge < -0.3 is 9.47 Å². The van der Waals surface area contributed by atoms with E-state index in [9.17, 15) is 0 Å². The lowest BCUT2D eigenvalue weighted by Crippen LogP contribution is -2.39. The summed E-state index contributed by atoms with van der Waals surface area (Å²) >= 11 is 0. The first-order valence-corrected chi connectivity index (χ1v) is 11.6. The maximum Gasteiger partial charge on any atom is 0.0782 e. The zero-order valence-corrected chi connectivity index (χ0v) is 18.5.